The number of nitrogens with one attached hydrogen (secondary N) is 1. The van der Waals surface area contributed by atoms with E-state index in [1.807, 2.05) is 6.07 Å². The standard InChI is InChI=1S/C23H20ClFN4O2S/c24-15-6-4-13(5-7-15)20(30)16-12-18(14-8-9-26-19(25)11-14)32-21(16)23-27-22(28-29-23)17-3-1-2-10-31-17/h4-9,11-12,17,20,30H,1-3,10H2,(H,27,28,29). The molecule has 1 saturated heterocycles. The Hall–Kier alpha value is -2.65. The van der Waals surface area contributed by atoms with E-state index in [-0.39, 0.29) is 6.10 Å². The predicted octanol–water partition coefficient (Wildman–Crippen LogP) is 5.71. The molecule has 2 unspecified atom stereocenters. The van der Waals surface area contributed by atoms with Gasteiger partial charge in [0.2, 0.25) is 5.95 Å². The van der Waals surface area contributed by atoms with E-state index < -0.39 is 12.1 Å². The summed E-state index contributed by atoms with van der Waals surface area (Å²) in [6, 6.07) is 12.0. The van der Waals surface area contributed by atoms with Crippen molar-refractivity contribution in [2.75, 3.05) is 6.61 Å². The van der Waals surface area contributed by atoms with Crippen molar-refractivity contribution in [2.24, 2.45) is 0 Å². The summed E-state index contributed by atoms with van der Waals surface area (Å²) in [7, 11) is 0. The molecular weight excluding hydrogens is 451 g/mol. The third kappa shape index (κ3) is 4.31. The molecule has 2 atom stereocenters. The SMILES string of the molecule is OC(c1ccc(Cl)cc1)c1cc(-c2ccnc(F)c2)sc1-c1n[nH]c(C2CCCCO2)n1. The fourth-order valence-corrected chi connectivity index (χ4v) is 5.03. The van der Waals surface area contributed by atoms with Crippen molar-refractivity contribution in [1.29, 1.82) is 0 Å². The molecule has 1 fully saturated rings. The molecule has 6 nitrogen and oxygen atoms in total. The van der Waals surface area contributed by atoms with Crippen LogP contribution in [0.3, 0.4) is 0 Å². The zero-order valence-electron chi connectivity index (χ0n) is 17.0. The molecule has 0 aliphatic carbocycles. The van der Waals surface area contributed by atoms with Crippen molar-refractivity contribution >= 4 is 22.9 Å². The van der Waals surface area contributed by atoms with E-state index in [9.17, 15) is 9.50 Å². The van der Waals surface area contributed by atoms with Crippen LogP contribution < -0.4 is 0 Å². The van der Waals surface area contributed by atoms with Gasteiger partial charge in [-0.2, -0.15) is 9.49 Å². The van der Waals surface area contributed by atoms with Gasteiger partial charge in [-0.05, 0) is 54.7 Å². The van der Waals surface area contributed by atoms with Gasteiger partial charge in [0.05, 0.1) is 4.88 Å². The number of ether oxygens (including phenoxy) is 1. The Morgan fingerprint density at radius 1 is 1.19 bits per heavy atom. The minimum absolute atomic E-state index is 0.108. The van der Waals surface area contributed by atoms with E-state index in [4.69, 9.17) is 16.3 Å². The number of hydrogen-bond donors (Lipinski definition) is 2. The average molecular weight is 471 g/mol. The van der Waals surface area contributed by atoms with Crippen molar-refractivity contribution in [3.05, 3.63) is 76.6 Å². The summed E-state index contributed by atoms with van der Waals surface area (Å²) in [5.41, 5.74) is 2.00. The van der Waals surface area contributed by atoms with Crippen molar-refractivity contribution in [2.45, 2.75) is 31.5 Å². The number of benzene rings is 1. The second kappa shape index (κ2) is 9.07. The number of aromatic amines is 1. The molecule has 2 N–H and O–H groups in total. The molecule has 0 bridgehead atoms. The number of thiophene rings is 1. The molecule has 4 heterocycles. The van der Waals surface area contributed by atoms with Crippen LogP contribution >= 0.6 is 22.9 Å². The number of halogens is 2. The maximum absolute atomic E-state index is 13.7. The number of pyridine rings is 1. The van der Waals surface area contributed by atoms with E-state index in [2.05, 4.69) is 20.2 Å². The Morgan fingerprint density at radius 2 is 2.03 bits per heavy atom. The first-order valence-corrected chi connectivity index (χ1v) is 11.5. The predicted molar refractivity (Wildman–Crippen MR) is 121 cm³/mol. The van der Waals surface area contributed by atoms with Crippen LogP contribution in [0.1, 0.15) is 48.4 Å². The van der Waals surface area contributed by atoms with Gasteiger partial charge < -0.3 is 9.84 Å². The fraction of sp³-hybridized carbons (Fsp3) is 0.261. The number of nitrogens with zero attached hydrogens (tertiary/aromatic N) is 3. The van der Waals surface area contributed by atoms with Gasteiger partial charge in [0.25, 0.3) is 0 Å². The molecule has 0 amide bonds. The van der Waals surface area contributed by atoms with E-state index >= 15 is 0 Å². The highest BCUT2D eigenvalue weighted by atomic mass is 35.5. The molecule has 9 heteroatoms. The van der Waals surface area contributed by atoms with E-state index in [0.717, 1.165) is 24.1 Å². The highest BCUT2D eigenvalue weighted by Crippen LogP contribution is 2.42. The molecular formula is C23H20ClFN4O2S. The van der Waals surface area contributed by atoms with Crippen molar-refractivity contribution in [1.82, 2.24) is 20.2 Å². The number of aromatic nitrogens is 4. The second-order valence-corrected chi connectivity index (χ2v) is 9.10. The third-order valence-corrected chi connectivity index (χ3v) is 6.89. The maximum atomic E-state index is 13.7. The summed E-state index contributed by atoms with van der Waals surface area (Å²) in [5, 5.41) is 19.2. The zero-order valence-corrected chi connectivity index (χ0v) is 18.5. The number of aliphatic hydroxyl groups excluding tert-OH is 1. The van der Waals surface area contributed by atoms with Crippen LogP contribution in [0.2, 0.25) is 5.02 Å². The van der Waals surface area contributed by atoms with Crippen LogP contribution in [-0.4, -0.2) is 31.9 Å². The van der Waals surface area contributed by atoms with Crippen LogP contribution in [0.5, 0.6) is 0 Å². The van der Waals surface area contributed by atoms with Gasteiger partial charge in [0.15, 0.2) is 11.6 Å². The van der Waals surface area contributed by atoms with Crippen LogP contribution in [0, 0.1) is 5.95 Å². The van der Waals surface area contributed by atoms with Crippen LogP contribution in [0.4, 0.5) is 4.39 Å². The highest BCUT2D eigenvalue weighted by Gasteiger charge is 2.25. The lowest BCUT2D eigenvalue weighted by Gasteiger charge is -2.19. The lowest BCUT2D eigenvalue weighted by Crippen LogP contribution is -2.12. The summed E-state index contributed by atoms with van der Waals surface area (Å²) in [6.45, 7) is 0.706. The topological polar surface area (TPSA) is 83.9 Å². The number of hydrogen-bond acceptors (Lipinski definition) is 6. The van der Waals surface area contributed by atoms with Crippen LogP contribution in [0.25, 0.3) is 21.1 Å². The number of H-pyrrole nitrogens is 1. The summed E-state index contributed by atoms with van der Waals surface area (Å²) in [5.74, 6) is 0.589. The summed E-state index contributed by atoms with van der Waals surface area (Å²) < 4.78 is 19.6. The first-order chi connectivity index (χ1) is 15.6. The lowest BCUT2D eigenvalue weighted by molar-refractivity contribution is 0.00969. The van der Waals surface area contributed by atoms with Crippen molar-refractivity contribution < 1.29 is 14.2 Å². The Kier molecular flexibility index (Phi) is 6.01. The van der Waals surface area contributed by atoms with Gasteiger partial charge in [0, 0.05) is 34.3 Å². The Morgan fingerprint density at radius 3 is 2.78 bits per heavy atom. The van der Waals surface area contributed by atoms with E-state index in [1.165, 1.54) is 23.6 Å². The molecule has 3 aromatic heterocycles. The van der Waals surface area contributed by atoms with Gasteiger partial charge in [-0.25, -0.2) is 9.97 Å². The largest absolute Gasteiger partial charge is 0.384 e. The molecule has 1 aliphatic heterocycles. The minimum atomic E-state index is -0.924. The quantitative estimate of drug-likeness (QED) is 0.365. The summed E-state index contributed by atoms with van der Waals surface area (Å²) in [6.07, 6.45) is 3.41. The zero-order chi connectivity index (χ0) is 22.1. The van der Waals surface area contributed by atoms with Crippen LogP contribution in [-0.2, 0) is 4.74 Å². The van der Waals surface area contributed by atoms with Gasteiger partial charge >= 0.3 is 0 Å². The molecule has 0 radical (unpaired) electrons. The first-order valence-electron chi connectivity index (χ1n) is 10.3. The molecule has 32 heavy (non-hydrogen) atoms. The van der Waals surface area contributed by atoms with Gasteiger partial charge in [-0.1, -0.05) is 23.7 Å². The van der Waals surface area contributed by atoms with E-state index in [1.54, 1.807) is 30.3 Å². The molecule has 164 valence electrons. The molecule has 1 aromatic carbocycles. The monoisotopic (exact) mass is 470 g/mol. The smallest absolute Gasteiger partial charge is 0.213 e. The molecule has 0 spiro atoms. The summed E-state index contributed by atoms with van der Waals surface area (Å²) in [4.78, 5) is 9.80. The average Bonchev–Trinajstić information content (AvgIpc) is 3.47. The van der Waals surface area contributed by atoms with Gasteiger partial charge in [0.1, 0.15) is 12.2 Å². The van der Waals surface area contributed by atoms with Crippen molar-refractivity contribution in [3.63, 3.8) is 0 Å². The van der Waals surface area contributed by atoms with E-state index in [0.29, 0.717) is 44.8 Å². The molecule has 0 saturated carbocycles. The first kappa shape index (κ1) is 21.2. The third-order valence-electron chi connectivity index (χ3n) is 5.44. The molecule has 4 aromatic rings. The normalized spacial score (nSPS) is 17.4. The highest BCUT2D eigenvalue weighted by molar-refractivity contribution is 7.19. The van der Waals surface area contributed by atoms with Crippen molar-refractivity contribution in [3.8, 4) is 21.1 Å². The Bertz CT molecular complexity index is 1220. The molecule has 1 aliphatic rings. The van der Waals surface area contributed by atoms with Crippen LogP contribution in [0.15, 0.2) is 48.7 Å². The Labute approximate surface area is 193 Å². The van der Waals surface area contributed by atoms with Gasteiger partial charge in [-0.15, -0.1) is 11.3 Å². The second-order valence-electron chi connectivity index (χ2n) is 7.62. The van der Waals surface area contributed by atoms with Gasteiger partial charge in [-0.3, -0.25) is 5.10 Å². The fourth-order valence-electron chi connectivity index (χ4n) is 3.78. The minimum Gasteiger partial charge on any atom is -0.384 e. The lowest BCUT2D eigenvalue weighted by atomic mass is 10.0. The summed E-state index contributed by atoms with van der Waals surface area (Å²) >= 11 is 7.40. The number of aliphatic hydroxyl groups is 1. The number of rotatable bonds is 5. The molecule has 5 rings (SSSR count). The Balaban J connectivity index is 1.57. The maximum Gasteiger partial charge on any atom is 0.213 e.